The molecule has 204 valence electrons. The zero-order valence-electron chi connectivity index (χ0n) is 21.5. The lowest BCUT2D eigenvalue weighted by Crippen LogP contribution is -2.37. The molecule has 1 N–H and O–H groups in total. The predicted molar refractivity (Wildman–Crippen MR) is 145 cm³/mol. The molecule has 1 aliphatic heterocycles. The average Bonchev–Trinajstić information content (AvgIpc) is 2.96. The average molecular weight is 547 g/mol. The van der Waals surface area contributed by atoms with Crippen LogP contribution in [0.15, 0.2) is 91.0 Å². The first-order chi connectivity index (χ1) is 19.2. The van der Waals surface area contributed by atoms with Crippen LogP contribution in [0.1, 0.15) is 38.2 Å². The summed E-state index contributed by atoms with van der Waals surface area (Å²) in [5.41, 5.74) is 4.55. The maximum absolute atomic E-state index is 13.2. The molecule has 0 radical (unpaired) electrons. The van der Waals surface area contributed by atoms with E-state index in [9.17, 15) is 27.2 Å². The van der Waals surface area contributed by atoms with Gasteiger partial charge in [0, 0.05) is 24.3 Å². The number of carbonyl (C=O) groups is 2. The second-order valence-electron chi connectivity index (χ2n) is 9.75. The van der Waals surface area contributed by atoms with E-state index in [1.807, 2.05) is 18.2 Å². The molecule has 0 saturated heterocycles. The van der Waals surface area contributed by atoms with E-state index >= 15 is 0 Å². The van der Waals surface area contributed by atoms with Crippen LogP contribution in [0.2, 0.25) is 0 Å². The van der Waals surface area contributed by atoms with Crippen molar-refractivity contribution < 1.29 is 27.2 Å². The molecule has 4 nitrogen and oxygen atoms in total. The summed E-state index contributed by atoms with van der Waals surface area (Å²) in [5.74, 6) is -0.405. The molecule has 0 saturated carbocycles. The Bertz CT molecular complexity index is 1550. The van der Waals surface area contributed by atoms with Crippen molar-refractivity contribution in [2.45, 2.75) is 32.2 Å². The molecule has 1 aliphatic rings. The van der Waals surface area contributed by atoms with Crippen LogP contribution >= 0.6 is 0 Å². The Morgan fingerprint density at radius 3 is 2.33 bits per heavy atom. The van der Waals surface area contributed by atoms with E-state index in [0.717, 1.165) is 28.8 Å². The number of amides is 2. The minimum atomic E-state index is -4.44. The lowest BCUT2D eigenvalue weighted by Gasteiger charge is -2.29. The first-order valence-corrected chi connectivity index (χ1v) is 12.8. The summed E-state index contributed by atoms with van der Waals surface area (Å²) in [6.45, 7) is 0.406. The second kappa shape index (κ2) is 11.3. The Morgan fingerprint density at radius 2 is 1.57 bits per heavy atom. The smallest absolute Gasteiger partial charge is 0.338 e. The molecular weight excluding hydrogens is 520 g/mol. The zero-order valence-corrected chi connectivity index (χ0v) is 21.5. The first kappa shape index (κ1) is 27.1. The Hall–Kier alpha value is -4.46. The number of rotatable bonds is 6. The number of nitrogens with one attached hydrogen (secondary N) is 1. The molecule has 4 aromatic rings. The monoisotopic (exact) mass is 546 g/mol. The summed E-state index contributed by atoms with van der Waals surface area (Å²) >= 11 is 0. The molecule has 0 aromatic heterocycles. The van der Waals surface area contributed by atoms with Crippen LogP contribution in [-0.4, -0.2) is 23.3 Å². The summed E-state index contributed by atoms with van der Waals surface area (Å²) in [5, 5.41) is 2.90. The van der Waals surface area contributed by atoms with Crippen LogP contribution in [0.5, 0.6) is 0 Å². The topological polar surface area (TPSA) is 49.4 Å². The highest BCUT2D eigenvalue weighted by Crippen LogP contribution is 2.32. The lowest BCUT2D eigenvalue weighted by atomic mass is 9.97. The van der Waals surface area contributed by atoms with Crippen molar-refractivity contribution in [2.24, 2.45) is 0 Å². The fraction of sp³-hybridized carbons (Fsp3) is 0.188. The van der Waals surface area contributed by atoms with Crippen LogP contribution in [0.4, 0.5) is 23.2 Å². The maximum atomic E-state index is 13.2. The summed E-state index contributed by atoms with van der Waals surface area (Å²) in [4.78, 5) is 27.9. The Balaban J connectivity index is 1.27. The lowest BCUT2D eigenvalue weighted by molar-refractivity contribution is -0.137. The standard InChI is InChI=1S/C32H26F4N2O2/c33-19-22-5-3-4-21(16-22)17-30(39)38-15-14-24-18-27(13-10-25(24)20-38)37-31(40)29-7-2-1-6-28(29)23-8-11-26(12-9-23)32(34,35)36/h1-13,16,18H,14-15,17,19-20H2,(H,37,40). The van der Waals surface area contributed by atoms with E-state index in [1.54, 1.807) is 53.4 Å². The van der Waals surface area contributed by atoms with Crippen molar-refractivity contribution in [3.63, 3.8) is 0 Å². The first-order valence-electron chi connectivity index (χ1n) is 12.8. The Labute approximate surface area is 229 Å². The number of halogens is 4. The molecular formula is C32H26F4N2O2. The van der Waals surface area contributed by atoms with Gasteiger partial charge in [0.25, 0.3) is 5.91 Å². The Kier molecular flexibility index (Phi) is 7.69. The highest BCUT2D eigenvalue weighted by atomic mass is 19.4. The van der Waals surface area contributed by atoms with Crippen molar-refractivity contribution in [1.82, 2.24) is 4.90 Å². The molecule has 40 heavy (non-hydrogen) atoms. The van der Waals surface area contributed by atoms with Gasteiger partial charge in [0.05, 0.1) is 12.0 Å². The summed E-state index contributed by atoms with van der Waals surface area (Å²) in [7, 11) is 0. The highest BCUT2D eigenvalue weighted by molar-refractivity contribution is 6.08. The van der Waals surface area contributed by atoms with Gasteiger partial charge in [0.2, 0.25) is 5.91 Å². The van der Waals surface area contributed by atoms with E-state index in [2.05, 4.69) is 5.32 Å². The maximum Gasteiger partial charge on any atom is 0.416 e. The van der Waals surface area contributed by atoms with Gasteiger partial charge in [-0.15, -0.1) is 0 Å². The van der Waals surface area contributed by atoms with Gasteiger partial charge in [-0.25, -0.2) is 4.39 Å². The molecule has 1 heterocycles. The van der Waals surface area contributed by atoms with E-state index in [0.29, 0.717) is 47.5 Å². The second-order valence-corrected chi connectivity index (χ2v) is 9.75. The number of hydrogen-bond acceptors (Lipinski definition) is 2. The van der Waals surface area contributed by atoms with Crippen molar-refractivity contribution in [3.8, 4) is 11.1 Å². The van der Waals surface area contributed by atoms with Crippen molar-refractivity contribution in [2.75, 3.05) is 11.9 Å². The highest BCUT2D eigenvalue weighted by Gasteiger charge is 2.30. The van der Waals surface area contributed by atoms with Gasteiger partial charge in [0.15, 0.2) is 0 Å². The SMILES string of the molecule is O=C(Nc1ccc2c(c1)CCN(C(=O)Cc1cccc(CF)c1)C2)c1ccccc1-c1ccc(C(F)(F)F)cc1. The molecule has 0 atom stereocenters. The minimum absolute atomic E-state index is 0.0288. The fourth-order valence-electron chi connectivity index (χ4n) is 4.92. The molecule has 0 fully saturated rings. The molecule has 0 spiro atoms. The van der Waals surface area contributed by atoms with Crippen LogP contribution < -0.4 is 5.32 Å². The number of alkyl halides is 4. The molecule has 2 amide bonds. The normalized spacial score (nSPS) is 13.1. The van der Waals surface area contributed by atoms with Gasteiger partial charge in [-0.2, -0.15) is 13.2 Å². The van der Waals surface area contributed by atoms with E-state index in [1.165, 1.54) is 12.1 Å². The summed E-state index contributed by atoms with van der Waals surface area (Å²) < 4.78 is 51.9. The van der Waals surface area contributed by atoms with Crippen LogP contribution in [0.3, 0.4) is 0 Å². The number of fused-ring (bicyclic) bond motifs is 1. The van der Waals surface area contributed by atoms with E-state index in [4.69, 9.17) is 0 Å². The molecule has 8 heteroatoms. The quantitative estimate of drug-likeness (QED) is 0.260. The number of carbonyl (C=O) groups excluding carboxylic acids is 2. The summed E-state index contributed by atoms with van der Waals surface area (Å²) in [6.07, 6.45) is -3.61. The molecule has 0 unspecified atom stereocenters. The molecule has 0 bridgehead atoms. The summed E-state index contributed by atoms with van der Waals surface area (Å²) in [6, 6.07) is 24.0. The van der Waals surface area contributed by atoms with Crippen molar-refractivity contribution in [3.05, 3.63) is 124 Å². The van der Waals surface area contributed by atoms with Gasteiger partial charge in [0.1, 0.15) is 6.67 Å². The van der Waals surface area contributed by atoms with Crippen LogP contribution in [0, 0.1) is 0 Å². The number of benzene rings is 4. The van der Waals surface area contributed by atoms with Crippen LogP contribution in [0.25, 0.3) is 11.1 Å². The molecule has 0 aliphatic carbocycles. The minimum Gasteiger partial charge on any atom is -0.338 e. The molecule has 5 rings (SSSR count). The molecule has 4 aromatic carbocycles. The van der Waals surface area contributed by atoms with Gasteiger partial charge in [-0.1, -0.05) is 60.7 Å². The largest absolute Gasteiger partial charge is 0.416 e. The van der Waals surface area contributed by atoms with Crippen molar-refractivity contribution >= 4 is 17.5 Å². The van der Waals surface area contributed by atoms with Gasteiger partial charge < -0.3 is 10.2 Å². The fourth-order valence-corrected chi connectivity index (χ4v) is 4.92. The van der Waals surface area contributed by atoms with Crippen LogP contribution in [-0.2, 0) is 37.0 Å². The number of nitrogens with zero attached hydrogens (tertiary/aromatic N) is 1. The Morgan fingerprint density at radius 1 is 0.825 bits per heavy atom. The number of hydrogen-bond donors (Lipinski definition) is 1. The van der Waals surface area contributed by atoms with Gasteiger partial charge in [-0.3, -0.25) is 9.59 Å². The third kappa shape index (κ3) is 6.06. The van der Waals surface area contributed by atoms with E-state index < -0.39 is 18.4 Å². The van der Waals surface area contributed by atoms with Gasteiger partial charge in [-0.05, 0) is 70.1 Å². The predicted octanol–water partition coefficient (Wildman–Crippen LogP) is 7.22. The van der Waals surface area contributed by atoms with E-state index in [-0.39, 0.29) is 18.2 Å². The van der Waals surface area contributed by atoms with Gasteiger partial charge >= 0.3 is 6.18 Å². The third-order valence-electron chi connectivity index (χ3n) is 7.03. The third-order valence-corrected chi connectivity index (χ3v) is 7.03. The zero-order chi connectivity index (χ0) is 28.3. The number of anilines is 1. The van der Waals surface area contributed by atoms with Crippen molar-refractivity contribution in [1.29, 1.82) is 0 Å².